The summed E-state index contributed by atoms with van der Waals surface area (Å²) in [6.45, 7) is 3.20. The van der Waals surface area contributed by atoms with Gasteiger partial charge < -0.3 is 20.1 Å². The van der Waals surface area contributed by atoms with E-state index in [1.807, 2.05) is 31.2 Å². The summed E-state index contributed by atoms with van der Waals surface area (Å²) in [6, 6.07) is 15.7. The van der Waals surface area contributed by atoms with Gasteiger partial charge in [0, 0.05) is 11.8 Å². The number of carbonyl (C=O) groups is 1. The van der Waals surface area contributed by atoms with E-state index in [-0.39, 0.29) is 6.03 Å². The molecular formula is C18H19N3O3. The van der Waals surface area contributed by atoms with Crippen LogP contribution in [0.2, 0.25) is 0 Å². The van der Waals surface area contributed by atoms with Gasteiger partial charge in [0.1, 0.15) is 18.1 Å². The van der Waals surface area contributed by atoms with Crippen LogP contribution in [-0.2, 0) is 0 Å². The average Bonchev–Trinajstić information content (AvgIpc) is 2.59. The first-order chi connectivity index (χ1) is 11.7. The van der Waals surface area contributed by atoms with E-state index in [0.29, 0.717) is 36.8 Å². The van der Waals surface area contributed by atoms with Crippen molar-refractivity contribution >= 4 is 11.7 Å². The van der Waals surface area contributed by atoms with Crippen molar-refractivity contribution in [1.82, 2.24) is 5.32 Å². The van der Waals surface area contributed by atoms with E-state index in [0.717, 1.165) is 5.75 Å². The van der Waals surface area contributed by atoms with Gasteiger partial charge >= 0.3 is 6.03 Å². The lowest BCUT2D eigenvalue weighted by atomic mass is 10.2. The Labute approximate surface area is 141 Å². The number of urea groups is 1. The molecule has 2 N–H and O–H groups in total. The molecule has 0 atom stereocenters. The van der Waals surface area contributed by atoms with Crippen molar-refractivity contribution in [2.45, 2.75) is 6.92 Å². The molecule has 0 radical (unpaired) electrons. The van der Waals surface area contributed by atoms with Crippen LogP contribution in [0, 0.1) is 11.3 Å². The fourth-order valence-corrected chi connectivity index (χ4v) is 2.00. The molecular weight excluding hydrogens is 306 g/mol. The van der Waals surface area contributed by atoms with Gasteiger partial charge in [0.2, 0.25) is 0 Å². The predicted molar refractivity (Wildman–Crippen MR) is 91.3 cm³/mol. The Morgan fingerprint density at radius 1 is 1.12 bits per heavy atom. The summed E-state index contributed by atoms with van der Waals surface area (Å²) in [6.07, 6.45) is 0. The summed E-state index contributed by atoms with van der Waals surface area (Å²) in [5, 5.41) is 14.2. The first kappa shape index (κ1) is 17.2. The number of carbonyl (C=O) groups excluding carboxylic acids is 1. The van der Waals surface area contributed by atoms with Crippen LogP contribution >= 0.6 is 0 Å². The van der Waals surface area contributed by atoms with Crippen LogP contribution in [-0.4, -0.2) is 25.8 Å². The van der Waals surface area contributed by atoms with Crippen LogP contribution < -0.4 is 20.1 Å². The van der Waals surface area contributed by atoms with E-state index in [1.54, 1.807) is 30.3 Å². The van der Waals surface area contributed by atoms with Gasteiger partial charge in [0.25, 0.3) is 0 Å². The Balaban J connectivity index is 1.73. The number of amides is 2. The summed E-state index contributed by atoms with van der Waals surface area (Å²) in [5.74, 6) is 1.43. The van der Waals surface area contributed by atoms with E-state index >= 15 is 0 Å². The average molecular weight is 325 g/mol. The number of hydrogen-bond acceptors (Lipinski definition) is 4. The summed E-state index contributed by atoms with van der Waals surface area (Å²) < 4.78 is 11.0. The number of rotatable bonds is 7. The molecule has 0 spiro atoms. The minimum atomic E-state index is -0.350. The molecule has 0 aliphatic rings. The molecule has 0 bridgehead atoms. The van der Waals surface area contributed by atoms with Gasteiger partial charge in [-0.25, -0.2) is 4.79 Å². The Morgan fingerprint density at radius 3 is 2.62 bits per heavy atom. The Hall–Kier alpha value is -3.20. The van der Waals surface area contributed by atoms with Crippen molar-refractivity contribution in [1.29, 1.82) is 5.26 Å². The number of ether oxygens (including phenoxy) is 2. The first-order valence-electron chi connectivity index (χ1n) is 7.62. The summed E-state index contributed by atoms with van der Waals surface area (Å²) >= 11 is 0. The van der Waals surface area contributed by atoms with E-state index < -0.39 is 0 Å². The third-order valence-electron chi connectivity index (χ3n) is 3.02. The Kier molecular flexibility index (Phi) is 6.47. The van der Waals surface area contributed by atoms with Crippen LogP contribution in [0.1, 0.15) is 12.5 Å². The standard InChI is InChI=1S/C18H19N3O3/c1-2-23-16-7-4-8-17(12-16)24-10-9-20-18(22)21-15-6-3-5-14(11-15)13-19/h3-8,11-12H,2,9-10H2,1H3,(H2,20,21,22). The minimum Gasteiger partial charge on any atom is -0.494 e. The lowest BCUT2D eigenvalue weighted by molar-refractivity contribution is 0.247. The number of nitrogens with one attached hydrogen (secondary N) is 2. The maximum atomic E-state index is 11.8. The van der Waals surface area contributed by atoms with Crippen LogP contribution in [0.15, 0.2) is 48.5 Å². The molecule has 6 heteroatoms. The van der Waals surface area contributed by atoms with E-state index in [1.165, 1.54) is 0 Å². The molecule has 2 aromatic carbocycles. The molecule has 0 unspecified atom stereocenters. The third kappa shape index (κ3) is 5.54. The molecule has 24 heavy (non-hydrogen) atoms. The number of nitriles is 1. The van der Waals surface area contributed by atoms with Gasteiger partial charge in [-0.2, -0.15) is 5.26 Å². The molecule has 0 fully saturated rings. The summed E-state index contributed by atoms with van der Waals surface area (Å²) in [5.41, 5.74) is 1.06. The second kappa shape index (κ2) is 9.06. The number of benzene rings is 2. The number of hydrogen-bond donors (Lipinski definition) is 2. The molecule has 0 aliphatic carbocycles. The van der Waals surface area contributed by atoms with Gasteiger partial charge in [-0.05, 0) is 37.3 Å². The molecule has 2 rings (SSSR count). The molecule has 124 valence electrons. The lowest BCUT2D eigenvalue weighted by Crippen LogP contribution is -2.32. The maximum Gasteiger partial charge on any atom is 0.319 e. The van der Waals surface area contributed by atoms with Crippen molar-refractivity contribution < 1.29 is 14.3 Å². The van der Waals surface area contributed by atoms with Crippen LogP contribution in [0.4, 0.5) is 10.5 Å². The van der Waals surface area contributed by atoms with Crippen molar-refractivity contribution in [3.8, 4) is 17.6 Å². The second-order valence-corrected chi connectivity index (χ2v) is 4.83. The highest BCUT2D eigenvalue weighted by molar-refractivity contribution is 5.89. The molecule has 0 heterocycles. The quantitative estimate of drug-likeness (QED) is 0.766. The van der Waals surface area contributed by atoms with Crippen molar-refractivity contribution in [3.05, 3.63) is 54.1 Å². The largest absolute Gasteiger partial charge is 0.494 e. The second-order valence-electron chi connectivity index (χ2n) is 4.83. The van der Waals surface area contributed by atoms with Gasteiger partial charge in [-0.15, -0.1) is 0 Å². The van der Waals surface area contributed by atoms with Gasteiger partial charge in [0.15, 0.2) is 0 Å². The maximum absolute atomic E-state index is 11.8. The number of nitrogens with zero attached hydrogens (tertiary/aromatic N) is 1. The smallest absolute Gasteiger partial charge is 0.319 e. The highest BCUT2D eigenvalue weighted by atomic mass is 16.5. The third-order valence-corrected chi connectivity index (χ3v) is 3.02. The van der Waals surface area contributed by atoms with Crippen LogP contribution in [0.25, 0.3) is 0 Å². The fourth-order valence-electron chi connectivity index (χ4n) is 2.00. The zero-order chi connectivity index (χ0) is 17.2. The SMILES string of the molecule is CCOc1cccc(OCCNC(=O)Nc2cccc(C#N)c2)c1. The van der Waals surface area contributed by atoms with E-state index in [2.05, 4.69) is 10.6 Å². The minimum absolute atomic E-state index is 0.335. The molecule has 2 aromatic rings. The molecule has 0 saturated heterocycles. The first-order valence-corrected chi connectivity index (χ1v) is 7.62. The molecule has 2 amide bonds. The highest BCUT2D eigenvalue weighted by Gasteiger charge is 2.02. The molecule has 6 nitrogen and oxygen atoms in total. The van der Waals surface area contributed by atoms with Crippen molar-refractivity contribution in [2.75, 3.05) is 25.1 Å². The summed E-state index contributed by atoms with van der Waals surface area (Å²) in [7, 11) is 0. The predicted octanol–water partition coefficient (Wildman–Crippen LogP) is 3.16. The molecule has 0 saturated carbocycles. The normalized spacial score (nSPS) is 9.67. The number of anilines is 1. The zero-order valence-electron chi connectivity index (χ0n) is 13.4. The van der Waals surface area contributed by atoms with E-state index in [4.69, 9.17) is 14.7 Å². The van der Waals surface area contributed by atoms with Gasteiger partial charge in [-0.3, -0.25) is 0 Å². The molecule has 0 aromatic heterocycles. The monoisotopic (exact) mass is 325 g/mol. The van der Waals surface area contributed by atoms with Crippen LogP contribution in [0.3, 0.4) is 0 Å². The highest BCUT2D eigenvalue weighted by Crippen LogP contribution is 2.19. The van der Waals surface area contributed by atoms with Crippen LogP contribution in [0.5, 0.6) is 11.5 Å². The Morgan fingerprint density at radius 2 is 1.88 bits per heavy atom. The Bertz CT molecular complexity index is 725. The van der Waals surface area contributed by atoms with Crippen molar-refractivity contribution in [2.24, 2.45) is 0 Å². The van der Waals surface area contributed by atoms with Crippen molar-refractivity contribution in [3.63, 3.8) is 0 Å². The van der Waals surface area contributed by atoms with Gasteiger partial charge in [0.05, 0.1) is 24.8 Å². The van der Waals surface area contributed by atoms with E-state index in [9.17, 15) is 4.79 Å². The summed E-state index contributed by atoms with van der Waals surface area (Å²) in [4.78, 5) is 11.8. The fraction of sp³-hybridized carbons (Fsp3) is 0.222. The zero-order valence-corrected chi connectivity index (χ0v) is 13.4. The molecule has 0 aliphatic heterocycles. The lowest BCUT2D eigenvalue weighted by Gasteiger charge is -2.10. The van der Waals surface area contributed by atoms with Gasteiger partial charge in [-0.1, -0.05) is 12.1 Å². The topological polar surface area (TPSA) is 83.4 Å².